The van der Waals surface area contributed by atoms with Crippen LogP contribution in [0.4, 0.5) is 0 Å². The van der Waals surface area contributed by atoms with Crippen molar-refractivity contribution >= 4 is 12.0 Å². The topological polar surface area (TPSA) is 62.2 Å². The molecule has 2 N–H and O–H groups in total. The van der Waals surface area contributed by atoms with Crippen LogP contribution in [0, 0.1) is 0 Å². The van der Waals surface area contributed by atoms with Crippen LogP contribution in [0.3, 0.4) is 0 Å². The molecule has 4 nitrogen and oxygen atoms in total. The van der Waals surface area contributed by atoms with Gasteiger partial charge in [0.1, 0.15) is 0 Å². The highest BCUT2D eigenvalue weighted by Crippen LogP contribution is 1.97. The largest absolute Gasteiger partial charge is 0.396 e. The number of aliphatic hydroxyl groups excluding tert-OH is 1. The van der Waals surface area contributed by atoms with Gasteiger partial charge in [0.25, 0.3) is 0 Å². The average Bonchev–Trinajstić information content (AvgIpc) is 2.28. The van der Waals surface area contributed by atoms with Crippen LogP contribution in [-0.2, 0) is 4.79 Å². The zero-order valence-corrected chi connectivity index (χ0v) is 8.39. The summed E-state index contributed by atoms with van der Waals surface area (Å²) in [6, 6.07) is 3.67. The molecule has 0 radical (unpaired) electrons. The van der Waals surface area contributed by atoms with Crippen molar-refractivity contribution < 1.29 is 9.90 Å². The first kappa shape index (κ1) is 11.4. The van der Waals surface area contributed by atoms with E-state index in [-0.39, 0.29) is 12.5 Å². The lowest BCUT2D eigenvalue weighted by Crippen LogP contribution is -2.22. The van der Waals surface area contributed by atoms with Crippen molar-refractivity contribution in [3.05, 3.63) is 36.2 Å². The number of rotatable bonds is 5. The third-order valence-corrected chi connectivity index (χ3v) is 1.75. The molecule has 4 heteroatoms. The maximum absolute atomic E-state index is 11.2. The summed E-state index contributed by atoms with van der Waals surface area (Å²) in [6.45, 7) is 0.583. The lowest BCUT2D eigenvalue weighted by molar-refractivity contribution is -0.116. The molecule has 1 aromatic rings. The number of aromatic nitrogens is 1. The monoisotopic (exact) mass is 206 g/mol. The molecular formula is C11H14N2O2. The van der Waals surface area contributed by atoms with Crippen LogP contribution >= 0.6 is 0 Å². The molecular weight excluding hydrogens is 192 g/mol. The number of pyridine rings is 1. The molecule has 1 amide bonds. The van der Waals surface area contributed by atoms with E-state index in [1.165, 1.54) is 6.08 Å². The van der Waals surface area contributed by atoms with E-state index in [9.17, 15) is 4.79 Å². The normalized spacial score (nSPS) is 10.5. The standard InChI is InChI=1S/C11H14N2O2/c14-8-2-7-13-11(15)5-4-10-3-1-6-12-9-10/h1,3-6,9,14H,2,7-8H2,(H,13,15). The molecule has 0 unspecified atom stereocenters. The van der Waals surface area contributed by atoms with Crippen LogP contribution in [0.15, 0.2) is 30.6 Å². The van der Waals surface area contributed by atoms with Crippen LogP contribution in [-0.4, -0.2) is 29.1 Å². The van der Waals surface area contributed by atoms with Crippen molar-refractivity contribution in [2.24, 2.45) is 0 Å². The van der Waals surface area contributed by atoms with Crippen molar-refractivity contribution in [1.82, 2.24) is 10.3 Å². The highest BCUT2D eigenvalue weighted by Gasteiger charge is 1.93. The summed E-state index contributed by atoms with van der Waals surface area (Å²) in [5, 5.41) is 11.2. The predicted molar refractivity (Wildman–Crippen MR) is 58.0 cm³/mol. The van der Waals surface area contributed by atoms with Gasteiger partial charge in [-0.1, -0.05) is 6.07 Å². The Balaban J connectivity index is 2.34. The van der Waals surface area contributed by atoms with E-state index in [2.05, 4.69) is 10.3 Å². The predicted octanol–water partition coefficient (Wildman–Crippen LogP) is 0.593. The summed E-state index contributed by atoms with van der Waals surface area (Å²) in [5.41, 5.74) is 0.884. The molecule has 0 spiro atoms. The third kappa shape index (κ3) is 4.93. The second-order valence-electron chi connectivity index (χ2n) is 2.99. The number of hydrogen-bond acceptors (Lipinski definition) is 3. The first-order chi connectivity index (χ1) is 7.33. The van der Waals surface area contributed by atoms with Gasteiger partial charge in [0.2, 0.25) is 5.91 Å². The molecule has 1 aromatic heterocycles. The van der Waals surface area contributed by atoms with Gasteiger partial charge in [-0.25, -0.2) is 0 Å². The fourth-order valence-electron chi connectivity index (χ4n) is 0.996. The minimum Gasteiger partial charge on any atom is -0.396 e. The number of nitrogens with zero attached hydrogens (tertiary/aromatic N) is 1. The Labute approximate surface area is 88.7 Å². The lowest BCUT2D eigenvalue weighted by Gasteiger charge is -1.98. The smallest absolute Gasteiger partial charge is 0.244 e. The molecule has 0 saturated carbocycles. The number of carbonyl (C=O) groups is 1. The molecule has 0 bridgehead atoms. The van der Waals surface area contributed by atoms with Gasteiger partial charge in [-0.3, -0.25) is 9.78 Å². The summed E-state index contributed by atoms with van der Waals surface area (Å²) in [6.07, 6.45) is 7.08. The van der Waals surface area contributed by atoms with Crippen LogP contribution in [0.5, 0.6) is 0 Å². The highest BCUT2D eigenvalue weighted by molar-refractivity contribution is 5.91. The van der Waals surface area contributed by atoms with Crippen molar-refractivity contribution in [2.45, 2.75) is 6.42 Å². The summed E-state index contributed by atoms with van der Waals surface area (Å²) in [4.78, 5) is 15.1. The van der Waals surface area contributed by atoms with E-state index in [0.717, 1.165) is 5.56 Å². The number of carbonyl (C=O) groups excluding carboxylic acids is 1. The third-order valence-electron chi connectivity index (χ3n) is 1.75. The van der Waals surface area contributed by atoms with E-state index >= 15 is 0 Å². The molecule has 0 atom stereocenters. The molecule has 0 aliphatic rings. The van der Waals surface area contributed by atoms with Gasteiger partial charge in [0.15, 0.2) is 0 Å². The molecule has 80 valence electrons. The molecule has 15 heavy (non-hydrogen) atoms. The zero-order chi connectivity index (χ0) is 10.9. The first-order valence-corrected chi connectivity index (χ1v) is 4.80. The second-order valence-corrected chi connectivity index (χ2v) is 2.99. The van der Waals surface area contributed by atoms with Gasteiger partial charge in [0.05, 0.1) is 0 Å². The van der Waals surface area contributed by atoms with Crippen LogP contribution < -0.4 is 5.32 Å². The first-order valence-electron chi connectivity index (χ1n) is 4.80. The number of hydrogen-bond donors (Lipinski definition) is 2. The quantitative estimate of drug-likeness (QED) is 0.547. The van der Waals surface area contributed by atoms with Crippen molar-refractivity contribution in [3.63, 3.8) is 0 Å². The van der Waals surface area contributed by atoms with Gasteiger partial charge in [0, 0.05) is 31.6 Å². The Morgan fingerprint density at radius 1 is 1.60 bits per heavy atom. The van der Waals surface area contributed by atoms with Gasteiger partial charge in [-0.05, 0) is 24.1 Å². The summed E-state index contributed by atoms with van der Waals surface area (Å²) < 4.78 is 0. The number of aliphatic hydroxyl groups is 1. The van der Waals surface area contributed by atoms with Gasteiger partial charge >= 0.3 is 0 Å². The minimum atomic E-state index is -0.160. The van der Waals surface area contributed by atoms with Crippen LogP contribution in [0.25, 0.3) is 6.08 Å². The van der Waals surface area contributed by atoms with E-state index < -0.39 is 0 Å². The lowest BCUT2D eigenvalue weighted by atomic mass is 10.2. The van der Waals surface area contributed by atoms with Crippen LogP contribution in [0.1, 0.15) is 12.0 Å². The fraction of sp³-hybridized carbons (Fsp3) is 0.273. The molecule has 0 aromatic carbocycles. The van der Waals surface area contributed by atoms with E-state index in [1.54, 1.807) is 18.5 Å². The zero-order valence-electron chi connectivity index (χ0n) is 8.39. The van der Waals surface area contributed by atoms with E-state index in [4.69, 9.17) is 5.11 Å². The Kier molecular flexibility index (Phi) is 5.11. The Hall–Kier alpha value is -1.68. The summed E-state index contributed by atoms with van der Waals surface area (Å²) in [7, 11) is 0. The van der Waals surface area contributed by atoms with Crippen molar-refractivity contribution in [1.29, 1.82) is 0 Å². The SMILES string of the molecule is O=C(C=Cc1cccnc1)NCCCO. The number of amides is 1. The molecule has 0 fully saturated rings. The Morgan fingerprint density at radius 2 is 2.47 bits per heavy atom. The second kappa shape index (κ2) is 6.73. The van der Waals surface area contributed by atoms with Crippen molar-refractivity contribution in [2.75, 3.05) is 13.2 Å². The van der Waals surface area contributed by atoms with Gasteiger partial charge in [-0.15, -0.1) is 0 Å². The van der Waals surface area contributed by atoms with Crippen molar-refractivity contribution in [3.8, 4) is 0 Å². The maximum atomic E-state index is 11.2. The molecule has 1 rings (SSSR count). The molecule has 1 heterocycles. The van der Waals surface area contributed by atoms with Gasteiger partial charge in [-0.2, -0.15) is 0 Å². The van der Waals surface area contributed by atoms with E-state index in [0.29, 0.717) is 13.0 Å². The molecule has 0 aliphatic carbocycles. The van der Waals surface area contributed by atoms with E-state index in [1.807, 2.05) is 12.1 Å². The Morgan fingerprint density at radius 3 is 3.13 bits per heavy atom. The molecule has 0 aliphatic heterocycles. The average molecular weight is 206 g/mol. The fourth-order valence-corrected chi connectivity index (χ4v) is 0.996. The van der Waals surface area contributed by atoms with Gasteiger partial charge < -0.3 is 10.4 Å². The molecule has 0 saturated heterocycles. The minimum absolute atomic E-state index is 0.0899. The maximum Gasteiger partial charge on any atom is 0.244 e. The Bertz CT molecular complexity index is 323. The summed E-state index contributed by atoms with van der Waals surface area (Å²) >= 11 is 0. The number of nitrogens with one attached hydrogen (secondary N) is 1. The highest BCUT2D eigenvalue weighted by atomic mass is 16.3. The van der Waals surface area contributed by atoms with Crippen LogP contribution in [0.2, 0.25) is 0 Å². The summed E-state index contributed by atoms with van der Waals surface area (Å²) in [5.74, 6) is -0.160.